The first-order chi connectivity index (χ1) is 15.2. The number of rotatable bonds is 7. The van der Waals surface area contributed by atoms with Gasteiger partial charge in [0.15, 0.2) is 6.29 Å². The number of hydrogen-bond donors (Lipinski definition) is 7. The van der Waals surface area contributed by atoms with Crippen molar-refractivity contribution in [3.05, 3.63) is 34.4 Å². The van der Waals surface area contributed by atoms with Crippen LogP contribution in [0.4, 0.5) is 5.69 Å². The van der Waals surface area contributed by atoms with Gasteiger partial charge in [0, 0.05) is 12.1 Å². The van der Waals surface area contributed by atoms with Crippen LogP contribution in [0.1, 0.15) is 0 Å². The third-order valence-corrected chi connectivity index (χ3v) is 5.26. The number of hydrogen-bond acceptors (Lipinski definition) is 13. The molecular formula is C18H25NO13. The molecule has 0 radical (unpaired) electrons. The Morgan fingerprint density at radius 1 is 0.812 bits per heavy atom. The molecule has 2 heterocycles. The van der Waals surface area contributed by atoms with E-state index in [-0.39, 0.29) is 11.4 Å². The smallest absolute Gasteiger partial charge is 0.269 e. The summed E-state index contributed by atoms with van der Waals surface area (Å²) in [6.45, 7) is -1.42. The second-order valence-corrected chi connectivity index (χ2v) is 7.37. The number of aliphatic hydroxyl groups excluding tert-OH is 7. The molecule has 0 bridgehead atoms. The Bertz CT molecular complexity index is 760. The van der Waals surface area contributed by atoms with Gasteiger partial charge in [0.05, 0.1) is 18.1 Å². The first-order valence-corrected chi connectivity index (χ1v) is 9.67. The van der Waals surface area contributed by atoms with Crippen LogP contribution in [0, 0.1) is 10.1 Å². The largest absolute Gasteiger partial charge is 0.462 e. The zero-order chi connectivity index (χ0) is 23.6. The maximum atomic E-state index is 10.7. The minimum Gasteiger partial charge on any atom is -0.462 e. The molecule has 2 saturated heterocycles. The minimum atomic E-state index is -1.77. The van der Waals surface area contributed by atoms with Crippen molar-refractivity contribution >= 4 is 5.69 Å². The number of ether oxygens (including phenoxy) is 4. The predicted octanol–water partition coefficient (Wildman–Crippen LogP) is -3.40. The third-order valence-electron chi connectivity index (χ3n) is 5.26. The van der Waals surface area contributed by atoms with Crippen LogP contribution >= 0.6 is 0 Å². The molecule has 0 aromatic heterocycles. The van der Waals surface area contributed by atoms with Crippen LogP contribution in [0.5, 0.6) is 5.75 Å². The summed E-state index contributed by atoms with van der Waals surface area (Å²) in [5, 5.41) is 80.4. The molecule has 0 amide bonds. The molecule has 10 atom stereocenters. The van der Waals surface area contributed by atoms with E-state index in [1.54, 1.807) is 0 Å². The summed E-state index contributed by atoms with van der Waals surface area (Å²) in [4.78, 5) is 10.1. The second kappa shape index (κ2) is 10.3. The van der Waals surface area contributed by atoms with Gasteiger partial charge in [-0.15, -0.1) is 0 Å². The first kappa shape index (κ1) is 24.7. The van der Waals surface area contributed by atoms with Crippen molar-refractivity contribution in [2.24, 2.45) is 0 Å². The van der Waals surface area contributed by atoms with Gasteiger partial charge in [-0.05, 0) is 12.1 Å². The van der Waals surface area contributed by atoms with Crippen LogP contribution in [0.25, 0.3) is 0 Å². The van der Waals surface area contributed by atoms with E-state index in [4.69, 9.17) is 18.9 Å². The van der Waals surface area contributed by atoms with Crippen LogP contribution in [-0.2, 0) is 14.2 Å². The second-order valence-electron chi connectivity index (χ2n) is 7.37. The Morgan fingerprint density at radius 3 is 1.94 bits per heavy atom. The quantitative estimate of drug-likeness (QED) is 0.155. The molecule has 0 saturated carbocycles. The lowest BCUT2D eigenvalue weighted by Gasteiger charge is -2.45. The van der Waals surface area contributed by atoms with Crippen LogP contribution in [-0.4, -0.2) is 115 Å². The Kier molecular flexibility index (Phi) is 7.94. The highest BCUT2D eigenvalue weighted by molar-refractivity contribution is 5.36. The highest BCUT2D eigenvalue weighted by Crippen LogP contribution is 2.30. The van der Waals surface area contributed by atoms with E-state index in [1.807, 2.05) is 0 Å². The number of aliphatic hydroxyl groups is 7. The van der Waals surface area contributed by atoms with Crippen molar-refractivity contribution in [3.63, 3.8) is 0 Å². The average Bonchev–Trinajstić information content (AvgIpc) is 2.79. The number of benzene rings is 1. The molecule has 14 nitrogen and oxygen atoms in total. The molecule has 1 aromatic carbocycles. The predicted molar refractivity (Wildman–Crippen MR) is 100 cm³/mol. The molecule has 2 aliphatic heterocycles. The van der Waals surface area contributed by atoms with Gasteiger partial charge in [0.25, 0.3) is 5.69 Å². The standard InChI is InChI=1S/C18H25NO13/c20-5-9-11(22)12(23)14(25)18(30-9)32-16-10(6-21)31-17(15(26)13(16)24)29-8-3-1-7(2-4-8)19(27)28/h1-4,9-18,20-26H,5-6H2/t9-,10-,11+,12-,13+,14-,15-,16-,17-,18+/m1/s1. The topological polar surface area (TPSA) is 222 Å². The monoisotopic (exact) mass is 463 g/mol. The lowest BCUT2D eigenvalue weighted by molar-refractivity contribution is -0.384. The van der Waals surface area contributed by atoms with E-state index >= 15 is 0 Å². The molecule has 7 N–H and O–H groups in total. The zero-order valence-electron chi connectivity index (χ0n) is 16.5. The van der Waals surface area contributed by atoms with Crippen molar-refractivity contribution in [3.8, 4) is 5.75 Å². The molecule has 0 spiro atoms. The molecule has 180 valence electrons. The molecule has 2 aliphatic rings. The van der Waals surface area contributed by atoms with Crippen LogP contribution < -0.4 is 4.74 Å². The Labute approximate surface area is 180 Å². The van der Waals surface area contributed by atoms with Gasteiger partial charge >= 0.3 is 0 Å². The number of nitro benzene ring substituents is 1. The molecule has 3 rings (SSSR count). The minimum absolute atomic E-state index is 0.0804. The summed E-state index contributed by atoms with van der Waals surface area (Å²) in [6.07, 6.45) is -15.7. The van der Waals surface area contributed by atoms with Crippen molar-refractivity contribution in [1.82, 2.24) is 0 Å². The van der Waals surface area contributed by atoms with Crippen LogP contribution in [0.2, 0.25) is 0 Å². The first-order valence-electron chi connectivity index (χ1n) is 9.67. The molecular weight excluding hydrogens is 438 g/mol. The van der Waals surface area contributed by atoms with Gasteiger partial charge in [0.1, 0.15) is 54.6 Å². The SMILES string of the molecule is O=[N+]([O-])c1ccc(O[C@@H]2O[C@H](CO)[C@@H](O[C@@H]3O[C@H](CO)[C@H](O)[C@@H](O)[C@H]3O)[C@@H](O)[C@H]2O)cc1. The number of nitro groups is 1. The van der Waals surface area contributed by atoms with Crippen molar-refractivity contribution < 1.29 is 59.6 Å². The number of non-ortho nitro benzene ring substituents is 1. The summed E-state index contributed by atoms with van der Waals surface area (Å²) in [6, 6.07) is 4.83. The normalized spacial score (nSPS) is 40.1. The fourth-order valence-corrected chi connectivity index (χ4v) is 3.43. The van der Waals surface area contributed by atoms with Crippen molar-refractivity contribution in [1.29, 1.82) is 0 Å². The highest BCUT2D eigenvalue weighted by Gasteiger charge is 2.51. The molecule has 0 unspecified atom stereocenters. The van der Waals surface area contributed by atoms with Gasteiger partial charge in [-0.1, -0.05) is 0 Å². The Hall–Kier alpha value is -1.98. The summed E-state index contributed by atoms with van der Waals surface area (Å²) < 4.78 is 21.5. The zero-order valence-corrected chi connectivity index (χ0v) is 16.5. The van der Waals surface area contributed by atoms with E-state index < -0.39 is 79.5 Å². The Balaban J connectivity index is 1.70. The maximum absolute atomic E-state index is 10.7. The fraction of sp³-hybridized carbons (Fsp3) is 0.667. The molecule has 0 aliphatic carbocycles. The van der Waals surface area contributed by atoms with Gasteiger partial charge < -0.3 is 54.7 Å². The average molecular weight is 463 g/mol. The lowest BCUT2D eigenvalue weighted by Crippen LogP contribution is -2.65. The van der Waals surface area contributed by atoms with E-state index in [0.29, 0.717) is 0 Å². The highest BCUT2D eigenvalue weighted by atomic mass is 16.7. The fourth-order valence-electron chi connectivity index (χ4n) is 3.43. The van der Waals surface area contributed by atoms with Gasteiger partial charge in [-0.25, -0.2) is 0 Å². The van der Waals surface area contributed by atoms with Gasteiger partial charge in [0.2, 0.25) is 6.29 Å². The summed E-state index contributed by atoms with van der Waals surface area (Å²) >= 11 is 0. The maximum Gasteiger partial charge on any atom is 0.269 e. The van der Waals surface area contributed by atoms with E-state index in [0.717, 1.165) is 12.1 Å². The Morgan fingerprint density at radius 2 is 1.38 bits per heavy atom. The molecule has 1 aromatic rings. The molecule has 2 fully saturated rings. The lowest BCUT2D eigenvalue weighted by atomic mass is 9.97. The van der Waals surface area contributed by atoms with Gasteiger partial charge in [-0.3, -0.25) is 10.1 Å². The summed E-state index contributed by atoms with van der Waals surface area (Å²) in [5.41, 5.74) is -0.191. The summed E-state index contributed by atoms with van der Waals surface area (Å²) in [5.74, 6) is 0.0804. The number of nitrogens with zero attached hydrogens (tertiary/aromatic N) is 1. The van der Waals surface area contributed by atoms with E-state index in [2.05, 4.69) is 0 Å². The van der Waals surface area contributed by atoms with Crippen LogP contribution in [0.3, 0.4) is 0 Å². The molecule has 14 heteroatoms. The van der Waals surface area contributed by atoms with Gasteiger partial charge in [-0.2, -0.15) is 0 Å². The third kappa shape index (κ3) is 4.99. The van der Waals surface area contributed by atoms with Crippen molar-refractivity contribution in [2.45, 2.75) is 61.4 Å². The van der Waals surface area contributed by atoms with E-state index in [1.165, 1.54) is 12.1 Å². The summed E-state index contributed by atoms with van der Waals surface area (Å²) in [7, 11) is 0. The van der Waals surface area contributed by atoms with Crippen LogP contribution in [0.15, 0.2) is 24.3 Å². The molecule has 32 heavy (non-hydrogen) atoms. The van der Waals surface area contributed by atoms with E-state index in [9.17, 15) is 45.9 Å². The van der Waals surface area contributed by atoms with Crippen molar-refractivity contribution in [2.75, 3.05) is 13.2 Å².